The Morgan fingerprint density at radius 1 is 0.952 bits per heavy atom. The minimum atomic E-state index is 0.235. The third-order valence-electron chi connectivity index (χ3n) is 4.73. The average Bonchev–Trinajstić information content (AvgIpc) is 2.46. The Kier molecular flexibility index (Phi) is 5.27. The van der Waals surface area contributed by atoms with E-state index < -0.39 is 0 Å². The lowest BCUT2D eigenvalue weighted by molar-refractivity contribution is 0.247. The van der Waals surface area contributed by atoms with Crippen LogP contribution in [0.2, 0.25) is 0 Å². The van der Waals surface area contributed by atoms with E-state index in [1.165, 1.54) is 54.6 Å². The van der Waals surface area contributed by atoms with Crippen molar-refractivity contribution in [2.24, 2.45) is 0 Å². The van der Waals surface area contributed by atoms with Crippen LogP contribution in [0.3, 0.4) is 0 Å². The fourth-order valence-corrected chi connectivity index (χ4v) is 3.04. The van der Waals surface area contributed by atoms with Crippen molar-refractivity contribution in [3.8, 4) is 0 Å². The first-order valence-electron chi connectivity index (χ1n) is 8.37. The maximum absolute atomic E-state index is 2.60. The minimum absolute atomic E-state index is 0.235. The summed E-state index contributed by atoms with van der Waals surface area (Å²) < 4.78 is 0. The number of hydrogen-bond donors (Lipinski definition) is 0. The highest BCUT2D eigenvalue weighted by Gasteiger charge is 2.14. The molecular formula is C20H31N. The number of nitrogens with zero attached hydrogens (tertiary/aromatic N) is 1. The lowest BCUT2D eigenvalue weighted by Gasteiger charge is -2.27. The smallest absolute Gasteiger partial charge is 0.0196 e. The van der Waals surface area contributed by atoms with Gasteiger partial charge in [0.05, 0.1) is 0 Å². The van der Waals surface area contributed by atoms with E-state index in [0.29, 0.717) is 0 Å². The van der Waals surface area contributed by atoms with Crippen LogP contribution in [0.1, 0.15) is 65.0 Å². The van der Waals surface area contributed by atoms with Gasteiger partial charge in [-0.3, -0.25) is 4.90 Å². The summed E-state index contributed by atoms with van der Waals surface area (Å²) in [4.78, 5) is 2.60. The second kappa shape index (κ2) is 6.79. The van der Waals surface area contributed by atoms with Crippen LogP contribution in [-0.2, 0) is 5.41 Å². The Morgan fingerprint density at radius 3 is 2.05 bits per heavy atom. The van der Waals surface area contributed by atoms with Gasteiger partial charge in [-0.15, -0.1) is 0 Å². The van der Waals surface area contributed by atoms with E-state index in [1.807, 2.05) is 0 Å². The van der Waals surface area contributed by atoms with Gasteiger partial charge in [0.25, 0.3) is 0 Å². The van der Waals surface area contributed by atoms with Crippen molar-refractivity contribution in [1.82, 2.24) is 4.90 Å². The van der Waals surface area contributed by atoms with Crippen LogP contribution >= 0.6 is 0 Å². The normalized spacial score (nSPS) is 18.5. The Morgan fingerprint density at radius 2 is 1.52 bits per heavy atom. The maximum Gasteiger partial charge on any atom is 0.0196 e. The van der Waals surface area contributed by atoms with Crippen molar-refractivity contribution in [2.45, 2.75) is 59.3 Å². The van der Waals surface area contributed by atoms with Gasteiger partial charge in [-0.25, -0.2) is 0 Å². The van der Waals surface area contributed by atoms with E-state index in [-0.39, 0.29) is 5.41 Å². The van der Waals surface area contributed by atoms with E-state index >= 15 is 0 Å². The number of allylic oxidation sites excluding steroid dienone is 1. The molecule has 1 aliphatic rings. The zero-order valence-electron chi connectivity index (χ0n) is 14.5. The molecule has 0 spiro atoms. The first-order chi connectivity index (χ1) is 9.88. The average molecular weight is 285 g/mol. The van der Waals surface area contributed by atoms with Gasteiger partial charge in [-0.1, -0.05) is 57.0 Å². The van der Waals surface area contributed by atoms with Gasteiger partial charge in [0.15, 0.2) is 0 Å². The van der Waals surface area contributed by atoms with Crippen LogP contribution in [0, 0.1) is 0 Å². The second-order valence-electron chi connectivity index (χ2n) is 7.57. The van der Waals surface area contributed by atoms with Crippen LogP contribution in [0.4, 0.5) is 0 Å². The highest BCUT2D eigenvalue weighted by atomic mass is 15.1. The van der Waals surface area contributed by atoms with Gasteiger partial charge in [0.1, 0.15) is 0 Å². The van der Waals surface area contributed by atoms with Crippen LogP contribution in [0.5, 0.6) is 0 Å². The quantitative estimate of drug-likeness (QED) is 0.732. The van der Waals surface area contributed by atoms with Crippen molar-refractivity contribution in [1.29, 1.82) is 0 Å². The number of piperidine rings is 1. The summed E-state index contributed by atoms with van der Waals surface area (Å²) in [6.45, 7) is 15.0. The molecule has 0 bridgehead atoms. The molecule has 0 amide bonds. The zero-order valence-corrected chi connectivity index (χ0v) is 14.5. The Labute approximate surface area is 131 Å². The summed E-state index contributed by atoms with van der Waals surface area (Å²) in [7, 11) is 0. The Balaban J connectivity index is 2.09. The number of benzene rings is 1. The number of likely N-dealkylation sites (tertiary alicyclic amines) is 1. The summed E-state index contributed by atoms with van der Waals surface area (Å²) in [5, 5.41) is 0. The Hall–Kier alpha value is -1.08. The van der Waals surface area contributed by atoms with Crippen molar-refractivity contribution in [3.63, 3.8) is 0 Å². The standard InChI is InChI=1S/C20H31N/c1-16(15-21-13-7-6-8-14-21)17(2)18-9-11-19(12-10-18)20(3,4)5/h9-12H,6-8,13-15H2,1-5H3. The molecular weight excluding hydrogens is 254 g/mol. The van der Waals surface area contributed by atoms with E-state index in [4.69, 9.17) is 0 Å². The third kappa shape index (κ3) is 4.44. The molecule has 0 saturated carbocycles. The molecule has 0 aromatic heterocycles. The zero-order chi connectivity index (χ0) is 15.5. The SMILES string of the molecule is CC(CN1CCCCC1)=C(C)c1ccc(C(C)(C)C)cc1. The highest BCUT2D eigenvalue weighted by molar-refractivity contribution is 5.67. The van der Waals surface area contributed by atoms with Gasteiger partial charge < -0.3 is 0 Å². The van der Waals surface area contributed by atoms with Crippen LogP contribution in [0.15, 0.2) is 29.8 Å². The Bertz CT molecular complexity index is 482. The predicted molar refractivity (Wildman–Crippen MR) is 93.7 cm³/mol. The maximum atomic E-state index is 2.60. The summed E-state index contributed by atoms with van der Waals surface area (Å²) in [5.74, 6) is 0. The first-order valence-corrected chi connectivity index (χ1v) is 8.37. The molecule has 1 heteroatoms. The molecule has 0 unspecified atom stereocenters. The van der Waals surface area contributed by atoms with Gasteiger partial charge in [0.2, 0.25) is 0 Å². The van der Waals surface area contributed by atoms with Crippen molar-refractivity contribution < 1.29 is 0 Å². The molecule has 1 nitrogen and oxygen atoms in total. The molecule has 2 rings (SSSR count). The highest BCUT2D eigenvalue weighted by Crippen LogP contribution is 2.25. The molecule has 1 aromatic rings. The second-order valence-corrected chi connectivity index (χ2v) is 7.57. The van der Waals surface area contributed by atoms with E-state index in [1.54, 1.807) is 0 Å². The number of rotatable bonds is 3. The van der Waals surface area contributed by atoms with Crippen LogP contribution in [-0.4, -0.2) is 24.5 Å². The summed E-state index contributed by atoms with van der Waals surface area (Å²) in [6.07, 6.45) is 4.14. The van der Waals surface area contributed by atoms with Gasteiger partial charge in [-0.2, -0.15) is 0 Å². The van der Waals surface area contributed by atoms with Crippen LogP contribution in [0.25, 0.3) is 5.57 Å². The van der Waals surface area contributed by atoms with Crippen molar-refractivity contribution in [2.75, 3.05) is 19.6 Å². The topological polar surface area (TPSA) is 3.24 Å². The molecule has 0 radical (unpaired) electrons. The largest absolute Gasteiger partial charge is 0.299 e. The molecule has 1 aromatic carbocycles. The lowest BCUT2D eigenvalue weighted by atomic mass is 9.86. The molecule has 0 N–H and O–H groups in total. The summed E-state index contributed by atoms with van der Waals surface area (Å²) in [5.41, 5.74) is 5.98. The van der Waals surface area contributed by atoms with Gasteiger partial charge in [0, 0.05) is 6.54 Å². The van der Waals surface area contributed by atoms with Crippen molar-refractivity contribution >= 4 is 5.57 Å². The van der Waals surface area contributed by atoms with Gasteiger partial charge in [-0.05, 0) is 61.9 Å². The molecule has 116 valence electrons. The van der Waals surface area contributed by atoms with Crippen LogP contribution < -0.4 is 0 Å². The van der Waals surface area contributed by atoms with E-state index in [0.717, 1.165) is 6.54 Å². The fourth-order valence-electron chi connectivity index (χ4n) is 3.04. The van der Waals surface area contributed by atoms with Gasteiger partial charge >= 0.3 is 0 Å². The monoisotopic (exact) mass is 285 g/mol. The molecule has 0 atom stereocenters. The minimum Gasteiger partial charge on any atom is -0.299 e. The molecule has 1 heterocycles. The fraction of sp³-hybridized carbons (Fsp3) is 0.600. The molecule has 21 heavy (non-hydrogen) atoms. The predicted octanol–water partition coefficient (Wildman–Crippen LogP) is 5.26. The van der Waals surface area contributed by atoms with E-state index in [9.17, 15) is 0 Å². The van der Waals surface area contributed by atoms with E-state index in [2.05, 4.69) is 63.8 Å². The lowest BCUT2D eigenvalue weighted by Crippen LogP contribution is -2.31. The summed E-state index contributed by atoms with van der Waals surface area (Å²) >= 11 is 0. The summed E-state index contributed by atoms with van der Waals surface area (Å²) in [6, 6.07) is 9.14. The molecule has 1 fully saturated rings. The molecule has 0 aliphatic carbocycles. The number of hydrogen-bond acceptors (Lipinski definition) is 1. The third-order valence-corrected chi connectivity index (χ3v) is 4.73. The van der Waals surface area contributed by atoms with Crippen molar-refractivity contribution in [3.05, 3.63) is 41.0 Å². The molecule has 1 saturated heterocycles. The first kappa shape index (κ1) is 16.3. The molecule has 1 aliphatic heterocycles.